The van der Waals surface area contributed by atoms with Crippen molar-refractivity contribution in [2.24, 2.45) is 0 Å². The number of nitrogens with one attached hydrogen (secondary N) is 2. The van der Waals surface area contributed by atoms with Crippen molar-refractivity contribution >= 4 is 16.8 Å². The molecule has 18 heavy (non-hydrogen) atoms. The van der Waals surface area contributed by atoms with Crippen LogP contribution in [0.3, 0.4) is 0 Å². The summed E-state index contributed by atoms with van der Waals surface area (Å²) < 4.78 is 0. The molecule has 0 unspecified atom stereocenters. The van der Waals surface area contributed by atoms with Crippen LogP contribution in [0.4, 0.5) is 0 Å². The Morgan fingerprint density at radius 2 is 2.17 bits per heavy atom. The van der Waals surface area contributed by atoms with E-state index in [0.717, 1.165) is 24.0 Å². The maximum absolute atomic E-state index is 10.7. The van der Waals surface area contributed by atoms with Crippen LogP contribution in [0.2, 0.25) is 0 Å². The van der Waals surface area contributed by atoms with E-state index in [1.165, 1.54) is 12.5 Å². The van der Waals surface area contributed by atoms with Gasteiger partial charge in [-0.25, -0.2) is 0 Å². The Morgan fingerprint density at radius 3 is 3.00 bits per heavy atom. The van der Waals surface area contributed by atoms with Gasteiger partial charge in [0.15, 0.2) is 0 Å². The minimum atomic E-state index is 0.00794. The number of aromatic nitrogens is 1. The van der Waals surface area contributed by atoms with Crippen molar-refractivity contribution in [1.29, 1.82) is 0 Å². The van der Waals surface area contributed by atoms with Gasteiger partial charge in [0, 0.05) is 38.1 Å². The average molecular weight is 243 g/mol. The van der Waals surface area contributed by atoms with Gasteiger partial charge in [0.25, 0.3) is 0 Å². The van der Waals surface area contributed by atoms with Gasteiger partial charge in [-0.1, -0.05) is 12.1 Å². The van der Waals surface area contributed by atoms with Crippen molar-refractivity contribution in [3.63, 3.8) is 0 Å². The van der Waals surface area contributed by atoms with Gasteiger partial charge in [0.2, 0.25) is 5.91 Å². The first-order valence-corrected chi connectivity index (χ1v) is 6.04. The van der Waals surface area contributed by atoms with Crippen LogP contribution in [-0.2, 0) is 11.3 Å². The molecule has 0 fully saturated rings. The number of pyridine rings is 1. The highest BCUT2D eigenvalue weighted by Crippen LogP contribution is 2.12. The Kier molecular flexibility index (Phi) is 4.25. The molecule has 0 saturated heterocycles. The number of hydrogen-bond donors (Lipinski definition) is 2. The summed E-state index contributed by atoms with van der Waals surface area (Å²) in [5.41, 5.74) is 2.23. The monoisotopic (exact) mass is 243 g/mol. The topological polar surface area (TPSA) is 54.0 Å². The number of hydrogen-bond acceptors (Lipinski definition) is 3. The fourth-order valence-electron chi connectivity index (χ4n) is 1.79. The van der Waals surface area contributed by atoms with E-state index in [2.05, 4.69) is 33.8 Å². The van der Waals surface area contributed by atoms with Crippen LogP contribution in [0.5, 0.6) is 0 Å². The van der Waals surface area contributed by atoms with Crippen molar-refractivity contribution in [2.45, 2.75) is 13.5 Å². The predicted molar refractivity (Wildman–Crippen MR) is 72.1 cm³/mol. The number of benzene rings is 1. The van der Waals surface area contributed by atoms with E-state index >= 15 is 0 Å². The van der Waals surface area contributed by atoms with Gasteiger partial charge in [0.05, 0.1) is 5.52 Å². The van der Waals surface area contributed by atoms with Gasteiger partial charge in [-0.2, -0.15) is 0 Å². The van der Waals surface area contributed by atoms with Crippen LogP contribution in [0.25, 0.3) is 10.9 Å². The van der Waals surface area contributed by atoms with Gasteiger partial charge in [-0.15, -0.1) is 0 Å². The van der Waals surface area contributed by atoms with Gasteiger partial charge in [-0.05, 0) is 23.8 Å². The third-order valence-electron chi connectivity index (χ3n) is 2.67. The first kappa shape index (κ1) is 12.5. The van der Waals surface area contributed by atoms with Crippen molar-refractivity contribution in [3.8, 4) is 0 Å². The fourth-order valence-corrected chi connectivity index (χ4v) is 1.79. The third-order valence-corrected chi connectivity index (χ3v) is 2.67. The minimum Gasteiger partial charge on any atom is -0.355 e. The normalized spacial score (nSPS) is 10.5. The highest BCUT2D eigenvalue weighted by Gasteiger charge is 1.97. The van der Waals surface area contributed by atoms with Gasteiger partial charge >= 0.3 is 0 Å². The molecular formula is C14H17N3O. The molecule has 1 aromatic heterocycles. The summed E-state index contributed by atoms with van der Waals surface area (Å²) in [6.45, 7) is 3.75. The molecule has 1 aromatic carbocycles. The van der Waals surface area contributed by atoms with E-state index < -0.39 is 0 Å². The number of amides is 1. The fraction of sp³-hybridized carbons (Fsp3) is 0.286. The summed E-state index contributed by atoms with van der Waals surface area (Å²) in [6, 6.07) is 10.2. The average Bonchev–Trinajstić information content (AvgIpc) is 2.38. The number of carbonyl (C=O) groups excluding carboxylic acids is 1. The molecule has 2 rings (SSSR count). The Hall–Kier alpha value is -1.94. The standard InChI is InChI=1S/C14H17N3O/c1-11(18)16-8-7-15-10-12-4-5-14-13(9-12)3-2-6-17-14/h2-6,9,15H,7-8,10H2,1H3,(H,16,18). The van der Waals surface area contributed by atoms with Gasteiger partial charge < -0.3 is 10.6 Å². The number of carbonyl (C=O) groups is 1. The van der Waals surface area contributed by atoms with E-state index in [9.17, 15) is 4.79 Å². The zero-order chi connectivity index (χ0) is 12.8. The Labute approximate surface area is 106 Å². The van der Waals surface area contributed by atoms with Crippen LogP contribution < -0.4 is 10.6 Å². The number of fused-ring (bicyclic) bond motifs is 1. The number of nitrogens with zero attached hydrogens (tertiary/aromatic N) is 1. The lowest BCUT2D eigenvalue weighted by molar-refractivity contribution is -0.118. The molecule has 2 N–H and O–H groups in total. The van der Waals surface area contributed by atoms with Crippen molar-refractivity contribution in [1.82, 2.24) is 15.6 Å². The minimum absolute atomic E-state index is 0.00794. The summed E-state index contributed by atoms with van der Waals surface area (Å²) in [5.74, 6) is 0.00794. The molecule has 0 spiro atoms. The smallest absolute Gasteiger partial charge is 0.216 e. The van der Waals surface area contributed by atoms with E-state index in [-0.39, 0.29) is 5.91 Å². The summed E-state index contributed by atoms with van der Waals surface area (Å²) in [6.07, 6.45) is 1.80. The van der Waals surface area contributed by atoms with Crippen LogP contribution in [-0.4, -0.2) is 24.0 Å². The molecule has 0 bridgehead atoms. The molecule has 0 radical (unpaired) electrons. The lowest BCUT2D eigenvalue weighted by Gasteiger charge is -2.06. The van der Waals surface area contributed by atoms with Crippen LogP contribution >= 0.6 is 0 Å². The van der Waals surface area contributed by atoms with Crippen molar-refractivity contribution < 1.29 is 4.79 Å². The molecule has 0 aliphatic carbocycles. The summed E-state index contributed by atoms with van der Waals surface area (Å²) in [5, 5.41) is 7.19. The molecular weight excluding hydrogens is 226 g/mol. The molecule has 1 heterocycles. The first-order chi connectivity index (χ1) is 8.75. The Balaban J connectivity index is 1.86. The van der Waals surface area contributed by atoms with Crippen molar-refractivity contribution in [2.75, 3.05) is 13.1 Å². The maximum atomic E-state index is 10.7. The second-order valence-electron chi connectivity index (χ2n) is 4.19. The zero-order valence-electron chi connectivity index (χ0n) is 10.4. The van der Waals surface area contributed by atoms with Crippen LogP contribution in [0, 0.1) is 0 Å². The van der Waals surface area contributed by atoms with E-state index in [4.69, 9.17) is 0 Å². The lowest BCUT2D eigenvalue weighted by atomic mass is 10.1. The van der Waals surface area contributed by atoms with E-state index in [1.807, 2.05) is 12.1 Å². The SMILES string of the molecule is CC(=O)NCCNCc1ccc2ncccc2c1. The lowest BCUT2D eigenvalue weighted by Crippen LogP contribution is -2.29. The quantitative estimate of drug-likeness (QED) is 0.782. The van der Waals surface area contributed by atoms with E-state index in [1.54, 1.807) is 6.20 Å². The van der Waals surface area contributed by atoms with Crippen molar-refractivity contribution in [3.05, 3.63) is 42.1 Å². The highest BCUT2D eigenvalue weighted by atomic mass is 16.1. The molecule has 2 aromatic rings. The largest absolute Gasteiger partial charge is 0.355 e. The van der Waals surface area contributed by atoms with Crippen LogP contribution in [0.1, 0.15) is 12.5 Å². The van der Waals surface area contributed by atoms with E-state index in [0.29, 0.717) is 6.54 Å². The molecule has 4 nitrogen and oxygen atoms in total. The Morgan fingerprint density at radius 1 is 1.28 bits per heavy atom. The third kappa shape index (κ3) is 3.53. The Bertz CT molecular complexity index is 539. The molecule has 0 aliphatic heterocycles. The molecule has 0 aliphatic rings. The first-order valence-electron chi connectivity index (χ1n) is 6.04. The number of rotatable bonds is 5. The van der Waals surface area contributed by atoms with Gasteiger partial charge in [0.1, 0.15) is 0 Å². The summed E-state index contributed by atoms with van der Waals surface area (Å²) >= 11 is 0. The molecule has 4 heteroatoms. The molecule has 0 saturated carbocycles. The summed E-state index contributed by atoms with van der Waals surface area (Å²) in [7, 11) is 0. The second kappa shape index (κ2) is 6.12. The highest BCUT2D eigenvalue weighted by molar-refractivity contribution is 5.78. The predicted octanol–water partition coefficient (Wildman–Crippen LogP) is 1.46. The molecule has 0 atom stereocenters. The second-order valence-corrected chi connectivity index (χ2v) is 4.19. The zero-order valence-corrected chi connectivity index (χ0v) is 10.4. The molecule has 94 valence electrons. The maximum Gasteiger partial charge on any atom is 0.216 e. The summed E-state index contributed by atoms with van der Waals surface area (Å²) in [4.78, 5) is 15.0. The molecule has 1 amide bonds. The van der Waals surface area contributed by atoms with Gasteiger partial charge in [-0.3, -0.25) is 9.78 Å². The van der Waals surface area contributed by atoms with Crippen LogP contribution in [0.15, 0.2) is 36.5 Å².